The molecule has 1 fully saturated rings. The van der Waals surface area contributed by atoms with Gasteiger partial charge in [0.1, 0.15) is 48.7 Å². The molecule has 0 spiro atoms. The number of nitrogens with zero attached hydrogens (tertiary/aromatic N) is 3. The number of hydrogen-bond donors (Lipinski definition) is 1. The molecule has 0 atom stereocenters. The van der Waals surface area contributed by atoms with Crippen LogP contribution < -0.4 is 5.32 Å². The van der Waals surface area contributed by atoms with Gasteiger partial charge in [-0.25, -0.2) is 18.7 Å². The van der Waals surface area contributed by atoms with Crippen LogP contribution in [0.1, 0.15) is 21.7 Å². The van der Waals surface area contributed by atoms with Gasteiger partial charge in [-0.15, -0.1) is 0 Å². The van der Waals surface area contributed by atoms with E-state index in [1.165, 1.54) is 18.2 Å². The Labute approximate surface area is 211 Å². The largest absolute Gasteiger partial charge is 0.340 e. The summed E-state index contributed by atoms with van der Waals surface area (Å²) < 4.78 is 30.2. The Morgan fingerprint density at radius 1 is 1.12 bits per heavy atom. The fraction of sp³-hybridized carbons (Fsp3) is 0.421. The zero-order valence-corrected chi connectivity index (χ0v) is 21.9. The molecule has 1 aromatic carbocycles. The highest BCUT2D eigenvalue weighted by atomic mass is 35.5. The lowest BCUT2D eigenvalue weighted by atomic mass is 9.32. The van der Waals surface area contributed by atoms with E-state index in [2.05, 4.69) is 38.8 Å². The first-order valence-electron chi connectivity index (χ1n) is 11.5. The molecule has 3 rings (SSSR count). The van der Waals surface area contributed by atoms with Gasteiger partial charge < -0.3 is 10.2 Å². The van der Waals surface area contributed by atoms with Crippen molar-refractivity contribution >= 4 is 72.4 Å². The van der Waals surface area contributed by atoms with Crippen molar-refractivity contribution in [2.45, 2.75) is 27.8 Å². The summed E-state index contributed by atoms with van der Waals surface area (Å²) in [7, 11) is 13.6. The van der Waals surface area contributed by atoms with Crippen molar-refractivity contribution in [3.8, 4) is 0 Å². The summed E-state index contributed by atoms with van der Waals surface area (Å²) in [4.78, 5) is 23.6. The zero-order valence-electron chi connectivity index (χ0n) is 21.1. The average molecular weight is 478 g/mol. The van der Waals surface area contributed by atoms with Crippen molar-refractivity contribution in [1.29, 1.82) is 0 Å². The highest BCUT2D eigenvalue weighted by molar-refractivity contribution is 6.58. The van der Waals surface area contributed by atoms with E-state index in [0.717, 1.165) is 5.56 Å². The predicted octanol–water partition coefficient (Wildman–Crippen LogP) is -4.00. The van der Waals surface area contributed by atoms with Gasteiger partial charge in [0, 0.05) is 37.6 Å². The maximum Gasteiger partial charge on any atom is 0.253 e. The maximum absolute atomic E-state index is 16.7. The fourth-order valence-corrected chi connectivity index (χ4v) is 4.97. The van der Waals surface area contributed by atoms with E-state index < -0.39 is 21.9 Å². The summed E-state index contributed by atoms with van der Waals surface area (Å²) in [6.45, 7) is 0.888. The topological polar surface area (TPSA) is 58.1 Å². The molecule has 2 heterocycles. The third kappa shape index (κ3) is 5.28. The number of benzene rings is 1. The molecule has 0 saturated carbocycles. The normalized spacial score (nSPS) is 19.0. The number of nitrogens with one attached hydrogen (secondary N) is 1. The molecule has 2 aromatic rings. The van der Waals surface area contributed by atoms with Crippen LogP contribution in [-0.4, -0.2) is 101 Å². The molecule has 1 aliphatic rings. The van der Waals surface area contributed by atoms with Crippen LogP contribution in [0, 0.1) is 5.82 Å². The number of amides is 1. The molecule has 0 radical (unpaired) electrons. The van der Waals surface area contributed by atoms with E-state index >= 15 is 4.39 Å². The molecule has 1 amide bonds. The molecular weight excluding hydrogens is 449 g/mol. The summed E-state index contributed by atoms with van der Waals surface area (Å²) >= 11 is 5.87. The monoisotopic (exact) mass is 478 g/mol. The number of halogens is 3. The second-order valence-electron chi connectivity index (χ2n) is 11.6. The van der Waals surface area contributed by atoms with Gasteiger partial charge >= 0.3 is 0 Å². The molecule has 1 saturated heterocycles. The Bertz CT molecular complexity index is 1050. The third-order valence-electron chi connectivity index (χ3n) is 6.99. The first-order valence-corrected chi connectivity index (χ1v) is 11.9. The molecule has 0 aliphatic carbocycles. The summed E-state index contributed by atoms with van der Waals surface area (Å²) in [5, 5.41) is 1.37. The van der Waals surface area contributed by atoms with Crippen molar-refractivity contribution in [3.05, 3.63) is 58.4 Å². The van der Waals surface area contributed by atoms with Crippen LogP contribution in [0.3, 0.4) is 0 Å². The van der Waals surface area contributed by atoms with E-state index in [9.17, 15) is 9.18 Å². The number of carbonyl (C=O) groups is 1. The fourth-order valence-electron chi connectivity index (χ4n) is 4.79. The number of alkyl halides is 1. The number of aromatic nitrogens is 2. The van der Waals surface area contributed by atoms with Gasteiger partial charge in [0.2, 0.25) is 0 Å². The highest BCUT2D eigenvalue weighted by Crippen LogP contribution is 2.54. The standard InChI is InChI=1S/C19H28B7ClF2N4O/c20-17(21)8-33(15(34)10-1-2-13(28)12(27)3-10)9-18(22,23)16(17,29)7-30-6-14-31-4-11(5-32-14)19(24,25)26/h1-5,30H,6-9,20-26H2. The number of piperidine rings is 1. The van der Waals surface area contributed by atoms with Crippen LogP contribution in [-0.2, 0) is 11.7 Å². The minimum atomic E-state index is -1.61. The lowest BCUT2D eigenvalue weighted by molar-refractivity contribution is 0.0245. The van der Waals surface area contributed by atoms with E-state index in [1.807, 2.05) is 43.8 Å². The van der Waals surface area contributed by atoms with Crippen molar-refractivity contribution in [3.63, 3.8) is 0 Å². The van der Waals surface area contributed by atoms with Crippen LogP contribution in [0.15, 0.2) is 30.6 Å². The zero-order chi connectivity index (χ0) is 25.5. The van der Waals surface area contributed by atoms with Gasteiger partial charge in [0.05, 0.1) is 35.1 Å². The Morgan fingerprint density at radius 3 is 2.18 bits per heavy atom. The third-order valence-corrected chi connectivity index (χ3v) is 7.28. The molecule has 15 heteroatoms. The second-order valence-corrected chi connectivity index (χ2v) is 12.0. The number of rotatable bonds is 6. The van der Waals surface area contributed by atoms with Gasteiger partial charge in [-0.2, -0.15) is 0 Å². The maximum atomic E-state index is 16.7. The average Bonchev–Trinajstić information content (AvgIpc) is 2.73. The SMILES string of the molecule is BC(B)(B)c1cnc(CNCC2(F)C(B)(B)CN(C(=O)c3ccc(F)c(Cl)c3)CC2(B)B)nc1. The molecular formula is C19H28B7ClF2N4O. The number of likely N-dealkylation sites (tertiary alicyclic amines) is 1. The van der Waals surface area contributed by atoms with Crippen LogP contribution in [0.4, 0.5) is 8.78 Å². The van der Waals surface area contributed by atoms with Gasteiger partial charge in [-0.05, 0) is 34.2 Å². The molecule has 172 valence electrons. The summed E-state index contributed by atoms with van der Waals surface area (Å²) in [6, 6.07) is 3.91. The van der Waals surface area contributed by atoms with Gasteiger partial charge in [-0.3, -0.25) is 4.79 Å². The van der Waals surface area contributed by atoms with E-state index in [-0.39, 0.29) is 35.7 Å². The Kier molecular flexibility index (Phi) is 7.46. The number of carbonyl (C=O) groups excluding carboxylic acids is 1. The van der Waals surface area contributed by atoms with Crippen molar-refractivity contribution in [2.24, 2.45) is 0 Å². The second kappa shape index (κ2) is 9.42. The van der Waals surface area contributed by atoms with Crippen molar-refractivity contribution < 1.29 is 13.6 Å². The van der Waals surface area contributed by atoms with E-state index in [1.54, 1.807) is 4.90 Å². The Hall–Kier alpha value is -1.67. The van der Waals surface area contributed by atoms with Crippen LogP contribution in [0.2, 0.25) is 15.5 Å². The molecule has 34 heavy (non-hydrogen) atoms. The molecule has 1 N–H and O–H groups in total. The predicted molar refractivity (Wildman–Crippen MR) is 152 cm³/mol. The minimum absolute atomic E-state index is 0.0341. The van der Waals surface area contributed by atoms with E-state index in [0.29, 0.717) is 17.9 Å². The van der Waals surface area contributed by atoms with Gasteiger partial charge in [0.15, 0.2) is 0 Å². The number of hydrogen-bond acceptors (Lipinski definition) is 4. The van der Waals surface area contributed by atoms with Crippen LogP contribution >= 0.6 is 11.6 Å². The molecule has 5 nitrogen and oxygen atoms in total. The lowest BCUT2D eigenvalue weighted by Crippen LogP contribution is -2.67. The molecule has 0 bridgehead atoms. The molecule has 0 unspecified atom stereocenters. The quantitative estimate of drug-likeness (QED) is 0.431. The minimum Gasteiger partial charge on any atom is -0.340 e. The van der Waals surface area contributed by atoms with Gasteiger partial charge in [0.25, 0.3) is 5.91 Å². The highest BCUT2D eigenvalue weighted by Gasteiger charge is 2.59. The lowest BCUT2D eigenvalue weighted by Gasteiger charge is -2.58. The first-order chi connectivity index (χ1) is 15.6. The summed E-state index contributed by atoms with van der Waals surface area (Å²) in [5.41, 5.74) is -0.277. The van der Waals surface area contributed by atoms with Crippen LogP contribution in [0.25, 0.3) is 0 Å². The van der Waals surface area contributed by atoms with E-state index in [4.69, 9.17) is 11.6 Å². The first kappa shape index (κ1) is 26.9. The summed E-state index contributed by atoms with van der Waals surface area (Å²) in [5.74, 6) is -0.262. The summed E-state index contributed by atoms with van der Waals surface area (Å²) in [6.07, 6.45) is 3.63. The van der Waals surface area contributed by atoms with Crippen LogP contribution in [0.5, 0.6) is 0 Å². The Morgan fingerprint density at radius 2 is 1.68 bits per heavy atom. The smallest absolute Gasteiger partial charge is 0.253 e. The van der Waals surface area contributed by atoms with Gasteiger partial charge in [-0.1, -0.05) is 16.7 Å². The van der Waals surface area contributed by atoms with Crippen molar-refractivity contribution in [1.82, 2.24) is 20.2 Å². The molecule has 1 aromatic heterocycles. The van der Waals surface area contributed by atoms with Crippen molar-refractivity contribution in [2.75, 3.05) is 19.6 Å². The Balaban J connectivity index is 1.72. The molecule has 1 aliphatic heterocycles.